The summed E-state index contributed by atoms with van der Waals surface area (Å²) in [6.07, 6.45) is 7.89. The Kier molecular flexibility index (Phi) is 8.66. The van der Waals surface area contributed by atoms with Crippen LogP contribution in [0.5, 0.6) is 0 Å². The number of cyclic esters (lactones) is 1. The summed E-state index contributed by atoms with van der Waals surface area (Å²) in [5.74, 6) is -1.20. The van der Waals surface area contributed by atoms with Crippen molar-refractivity contribution in [3.05, 3.63) is 93.5 Å². The van der Waals surface area contributed by atoms with Crippen LogP contribution in [0.25, 0.3) is 0 Å². The van der Waals surface area contributed by atoms with Gasteiger partial charge in [0.15, 0.2) is 0 Å². The smallest absolute Gasteiger partial charge is 0.335 e. The van der Waals surface area contributed by atoms with Crippen LogP contribution >= 0.6 is 11.3 Å². The fourth-order valence-electron chi connectivity index (χ4n) is 3.69. The Morgan fingerprint density at radius 1 is 1.24 bits per heavy atom. The molecule has 0 amide bonds. The number of esters is 1. The van der Waals surface area contributed by atoms with Crippen LogP contribution in [0.2, 0.25) is 0 Å². The highest BCUT2D eigenvalue weighted by Crippen LogP contribution is 2.28. The number of hydrogen-bond acceptors (Lipinski definition) is 5. The summed E-state index contributed by atoms with van der Waals surface area (Å²) in [6.45, 7) is 9.02. The van der Waals surface area contributed by atoms with Crippen molar-refractivity contribution >= 4 is 23.3 Å². The van der Waals surface area contributed by atoms with Crippen LogP contribution in [0.15, 0.2) is 77.5 Å². The number of hydrogen-bond donors (Lipinski definition) is 1. The second-order valence-electron chi connectivity index (χ2n) is 8.16. The van der Waals surface area contributed by atoms with Gasteiger partial charge < -0.3 is 14.7 Å². The third-order valence-electron chi connectivity index (χ3n) is 5.62. The van der Waals surface area contributed by atoms with Crippen molar-refractivity contribution in [1.82, 2.24) is 4.90 Å². The summed E-state index contributed by atoms with van der Waals surface area (Å²) >= 11 is 1.62. The molecule has 0 bridgehead atoms. The summed E-state index contributed by atoms with van der Waals surface area (Å²) in [6, 6.07) is 10.9. The Morgan fingerprint density at radius 3 is 2.61 bits per heavy atom. The topological polar surface area (TPSA) is 66.8 Å². The first-order valence-corrected chi connectivity index (χ1v) is 12.2. The molecule has 1 aromatic carbocycles. The van der Waals surface area contributed by atoms with Crippen LogP contribution in [0.3, 0.4) is 0 Å². The molecule has 1 unspecified atom stereocenters. The van der Waals surface area contributed by atoms with Gasteiger partial charge in [-0.2, -0.15) is 0 Å². The van der Waals surface area contributed by atoms with E-state index < -0.39 is 5.97 Å². The number of carboxylic acids is 1. The maximum absolute atomic E-state index is 12.6. The molecule has 0 saturated carbocycles. The van der Waals surface area contributed by atoms with E-state index in [2.05, 4.69) is 18.4 Å². The zero-order chi connectivity index (χ0) is 23.8. The lowest BCUT2D eigenvalue weighted by molar-refractivity contribution is -0.143. The van der Waals surface area contributed by atoms with Crippen molar-refractivity contribution in [2.45, 2.75) is 58.6 Å². The Morgan fingerprint density at radius 2 is 2.00 bits per heavy atom. The number of carbonyl (C=O) groups is 2. The highest BCUT2D eigenvalue weighted by atomic mass is 32.1. The van der Waals surface area contributed by atoms with Crippen LogP contribution in [0.1, 0.15) is 60.3 Å². The lowest BCUT2D eigenvalue weighted by Gasteiger charge is -2.29. The zero-order valence-electron chi connectivity index (χ0n) is 19.3. The van der Waals surface area contributed by atoms with E-state index in [0.29, 0.717) is 25.0 Å². The van der Waals surface area contributed by atoms with Crippen molar-refractivity contribution in [3.8, 4) is 0 Å². The molecule has 1 aliphatic heterocycles. The summed E-state index contributed by atoms with van der Waals surface area (Å²) in [4.78, 5) is 27.0. The summed E-state index contributed by atoms with van der Waals surface area (Å²) in [5, 5.41) is 11.2. The fraction of sp³-hybridized carbons (Fsp3) is 0.333. The number of carboxylic acid groups (broad SMARTS) is 1. The first-order chi connectivity index (χ1) is 15.9. The van der Waals surface area contributed by atoms with Crippen LogP contribution < -0.4 is 0 Å². The minimum atomic E-state index is -0.939. The van der Waals surface area contributed by atoms with Gasteiger partial charge >= 0.3 is 11.9 Å². The average molecular weight is 466 g/mol. The second kappa shape index (κ2) is 11.7. The van der Waals surface area contributed by atoms with Crippen LogP contribution in [0, 0.1) is 0 Å². The number of carbonyl (C=O) groups excluding carboxylic acids is 1. The molecule has 1 aliphatic rings. The first kappa shape index (κ1) is 24.5. The Bertz CT molecular complexity index is 1030. The van der Waals surface area contributed by atoms with Gasteiger partial charge in [-0.05, 0) is 54.5 Å². The van der Waals surface area contributed by atoms with Crippen LogP contribution in [0.4, 0.5) is 0 Å². The molecule has 5 nitrogen and oxygen atoms in total. The number of aromatic carboxylic acids is 1. The molecule has 0 aliphatic carbocycles. The monoisotopic (exact) mass is 465 g/mol. The highest BCUT2D eigenvalue weighted by molar-refractivity contribution is 7.09. The number of unbranched alkanes of at least 4 members (excludes halogenated alkanes) is 1. The van der Waals surface area contributed by atoms with Crippen LogP contribution in [-0.4, -0.2) is 28.0 Å². The lowest BCUT2D eigenvalue weighted by atomic mass is 9.99. The van der Waals surface area contributed by atoms with E-state index in [0.717, 1.165) is 41.0 Å². The van der Waals surface area contributed by atoms with Gasteiger partial charge in [-0.25, -0.2) is 9.59 Å². The van der Waals surface area contributed by atoms with Gasteiger partial charge in [0.2, 0.25) is 0 Å². The maximum atomic E-state index is 12.6. The average Bonchev–Trinajstić information content (AvgIpc) is 3.32. The molecule has 6 heteroatoms. The quantitative estimate of drug-likeness (QED) is 0.392. The van der Waals surface area contributed by atoms with Gasteiger partial charge in [0.1, 0.15) is 6.10 Å². The number of ether oxygens (including phenoxy) is 1. The van der Waals surface area contributed by atoms with E-state index in [9.17, 15) is 14.7 Å². The van der Waals surface area contributed by atoms with Gasteiger partial charge in [-0.1, -0.05) is 45.0 Å². The predicted octanol–water partition coefficient (Wildman–Crippen LogP) is 6.34. The molecule has 2 heterocycles. The Hall–Kier alpha value is -3.12. The molecule has 0 fully saturated rings. The SMILES string of the molecule is C=C(CCCC)N(/C=C1/C=C(Cc2cccs2)C(=O)OC1CC)Cc1ccc(C(=O)O)cc1. The van der Waals surface area contributed by atoms with Crippen molar-refractivity contribution in [2.75, 3.05) is 0 Å². The Labute approximate surface area is 199 Å². The van der Waals surface area contributed by atoms with Gasteiger partial charge in [-0.15, -0.1) is 11.3 Å². The van der Waals surface area contributed by atoms with Gasteiger partial charge in [0, 0.05) is 40.9 Å². The van der Waals surface area contributed by atoms with Gasteiger partial charge in [-0.3, -0.25) is 0 Å². The van der Waals surface area contributed by atoms with Crippen molar-refractivity contribution in [2.24, 2.45) is 0 Å². The molecule has 0 radical (unpaired) electrons. The van der Waals surface area contributed by atoms with Crippen molar-refractivity contribution in [3.63, 3.8) is 0 Å². The molecular formula is C27H31NO4S. The fourth-order valence-corrected chi connectivity index (χ4v) is 4.42. The number of rotatable bonds is 11. The minimum Gasteiger partial charge on any atom is -0.478 e. The molecule has 0 spiro atoms. The maximum Gasteiger partial charge on any atom is 0.335 e. The normalized spacial score (nSPS) is 16.9. The summed E-state index contributed by atoms with van der Waals surface area (Å²) < 4.78 is 5.77. The van der Waals surface area contributed by atoms with Gasteiger partial charge in [0.25, 0.3) is 0 Å². The van der Waals surface area contributed by atoms with E-state index in [1.54, 1.807) is 23.5 Å². The number of allylic oxidation sites excluding steroid dienone is 1. The van der Waals surface area contributed by atoms with Crippen LogP contribution in [-0.2, 0) is 22.5 Å². The predicted molar refractivity (Wildman–Crippen MR) is 132 cm³/mol. The molecule has 33 heavy (non-hydrogen) atoms. The van der Waals surface area contributed by atoms with Gasteiger partial charge in [0.05, 0.1) is 5.56 Å². The summed E-state index contributed by atoms with van der Waals surface area (Å²) in [5.41, 5.74) is 3.83. The van der Waals surface area contributed by atoms with E-state index >= 15 is 0 Å². The second-order valence-corrected chi connectivity index (χ2v) is 9.19. The Balaban J connectivity index is 1.91. The summed E-state index contributed by atoms with van der Waals surface area (Å²) in [7, 11) is 0. The number of thiophene rings is 1. The van der Waals surface area contributed by atoms with Crippen molar-refractivity contribution in [1.29, 1.82) is 0 Å². The standard InChI is InChI=1S/C27H31NO4S/c1-4-6-8-19(3)28(17-20-10-12-21(13-11-20)26(29)30)18-23-15-22(16-24-9-7-14-33-24)27(31)32-25(23)5-2/h7,9-15,18,25H,3-6,8,16-17H2,1-2H3,(H,29,30)/b23-18-. The molecule has 2 aromatic rings. The van der Waals surface area contributed by atoms with E-state index in [1.165, 1.54) is 0 Å². The molecule has 1 aromatic heterocycles. The lowest BCUT2D eigenvalue weighted by Crippen LogP contribution is -2.28. The molecule has 1 atom stereocenters. The third kappa shape index (κ3) is 6.68. The van der Waals surface area contributed by atoms with Crippen molar-refractivity contribution < 1.29 is 19.4 Å². The molecule has 3 rings (SSSR count). The molecule has 1 N–H and O–H groups in total. The minimum absolute atomic E-state index is 0.256. The molecule has 174 valence electrons. The zero-order valence-corrected chi connectivity index (χ0v) is 20.1. The largest absolute Gasteiger partial charge is 0.478 e. The third-order valence-corrected chi connectivity index (χ3v) is 6.50. The number of nitrogens with zero attached hydrogens (tertiary/aromatic N) is 1. The first-order valence-electron chi connectivity index (χ1n) is 11.3. The van der Waals surface area contributed by atoms with E-state index in [1.807, 2.05) is 48.8 Å². The van der Waals surface area contributed by atoms with E-state index in [-0.39, 0.29) is 17.6 Å². The van der Waals surface area contributed by atoms with E-state index in [4.69, 9.17) is 4.74 Å². The molecule has 0 saturated heterocycles. The molecular weight excluding hydrogens is 434 g/mol. The highest BCUT2D eigenvalue weighted by Gasteiger charge is 2.27. The number of benzene rings is 1.